The van der Waals surface area contributed by atoms with Crippen LogP contribution in [-0.4, -0.2) is 74.3 Å². The van der Waals surface area contributed by atoms with Gasteiger partial charge in [0.05, 0.1) is 18.8 Å². The Balaban J connectivity index is 1.33. The highest BCUT2D eigenvalue weighted by Crippen LogP contribution is 2.23. The molecule has 0 N–H and O–H groups in total. The maximum absolute atomic E-state index is 13.1. The number of nitrogens with zero attached hydrogens (tertiary/aromatic N) is 6. The Morgan fingerprint density at radius 3 is 2.29 bits per heavy atom. The average molecular weight is 485 g/mol. The first-order chi connectivity index (χ1) is 16.4. The second-order valence-corrected chi connectivity index (χ2v) is 9.00. The van der Waals surface area contributed by atoms with Crippen molar-refractivity contribution in [2.75, 3.05) is 32.8 Å². The summed E-state index contributed by atoms with van der Waals surface area (Å²) in [7, 11) is 0. The van der Waals surface area contributed by atoms with E-state index in [1.54, 1.807) is 42.8 Å². The quantitative estimate of drug-likeness (QED) is 0.485. The van der Waals surface area contributed by atoms with E-state index < -0.39 is 5.60 Å². The first-order valence-corrected chi connectivity index (χ1v) is 11.7. The molecule has 0 atom stereocenters. The lowest BCUT2D eigenvalue weighted by molar-refractivity contribution is -0.147. The van der Waals surface area contributed by atoms with Crippen LogP contribution in [0.5, 0.6) is 11.5 Å². The van der Waals surface area contributed by atoms with Crippen LogP contribution < -0.4 is 9.47 Å². The Morgan fingerprint density at radius 1 is 1.00 bits per heavy atom. The van der Waals surface area contributed by atoms with Gasteiger partial charge in [-0.2, -0.15) is 4.68 Å². The summed E-state index contributed by atoms with van der Waals surface area (Å²) in [6.45, 7) is 9.41. The Kier molecular flexibility index (Phi) is 7.33. The number of carbonyl (C=O) groups excluding carboxylic acids is 1. The van der Waals surface area contributed by atoms with E-state index >= 15 is 0 Å². The molecule has 2 heterocycles. The average Bonchev–Trinajstić information content (AvgIpc) is 3.29. The Bertz CT molecular complexity index is 1090. The fraction of sp³-hybridized carbons (Fsp3) is 0.417. The molecule has 0 radical (unpaired) electrons. The number of rotatable bonds is 8. The Labute approximate surface area is 204 Å². The molecule has 3 aromatic rings. The van der Waals surface area contributed by atoms with Crippen LogP contribution in [0.2, 0.25) is 5.02 Å². The first kappa shape index (κ1) is 24.0. The van der Waals surface area contributed by atoms with Gasteiger partial charge >= 0.3 is 0 Å². The highest BCUT2D eigenvalue weighted by Gasteiger charge is 2.36. The summed E-state index contributed by atoms with van der Waals surface area (Å²) in [5.74, 6) is 2.13. The number of amides is 1. The lowest BCUT2D eigenvalue weighted by atomic mass is 10.1. The van der Waals surface area contributed by atoms with Crippen molar-refractivity contribution in [1.82, 2.24) is 30.0 Å². The molecule has 0 bridgehead atoms. The fourth-order valence-corrected chi connectivity index (χ4v) is 4.01. The van der Waals surface area contributed by atoms with Crippen molar-refractivity contribution in [2.45, 2.75) is 32.9 Å². The van der Waals surface area contributed by atoms with Crippen LogP contribution in [0.15, 0.2) is 48.5 Å². The van der Waals surface area contributed by atoms with E-state index in [2.05, 4.69) is 20.4 Å². The fourth-order valence-electron chi connectivity index (χ4n) is 3.89. The van der Waals surface area contributed by atoms with E-state index in [4.69, 9.17) is 21.1 Å². The van der Waals surface area contributed by atoms with E-state index in [1.165, 1.54) is 0 Å². The second kappa shape index (κ2) is 10.4. The highest BCUT2D eigenvalue weighted by molar-refractivity contribution is 6.30. The molecule has 0 spiro atoms. The number of hydrogen-bond donors (Lipinski definition) is 0. The summed E-state index contributed by atoms with van der Waals surface area (Å²) >= 11 is 5.94. The van der Waals surface area contributed by atoms with Crippen LogP contribution in [0.3, 0.4) is 0 Å². The molecular formula is C24H29ClN6O3. The van der Waals surface area contributed by atoms with Gasteiger partial charge < -0.3 is 14.4 Å². The number of hydrogen-bond acceptors (Lipinski definition) is 7. The Hall–Kier alpha value is -3.17. The largest absolute Gasteiger partial charge is 0.494 e. The molecule has 0 unspecified atom stereocenters. The summed E-state index contributed by atoms with van der Waals surface area (Å²) in [5.41, 5.74) is -0.105. The van der Waals surface area contributed by atoms with E-state index in [9.17, 15) is 4.79 Å². The summed E-state index contributed by atoms with van der Waals surface area (Å²) in [4.78, 5) is 17.2. The molecule has 10 heteroatoms. The van der Waals surface area contributed by atoms with Gasteiger partial charge in [-0.15, -0.1) is 5.10 Å². The van der Waals surface area contributed by atoms with Gasteiger partial charge in [0.15, 0.2) is 11.4 Å². The SMILES string of the molecule is CCOc1ccc(-n2nnnc2CN2CCN(C(=O)C(C)(C)Oc3ccc(Cl)cc3)CC2)cc1. The summed E-state index contributed by atoms with van der Waals surface area (Å²) < 4.78 is 13.2. The molecule has 0 saturated carbocycles. The van der Waals surface area contributed by atoms with Gasteiger partial charge in [0.25, 0.3) is 5.91 Å². The van der Waals surface area contributed by atoms with Crippen molar-refractivity contribution < 1.29 is 14.3 Å². The smallest absolute Gasteiger partial charge is 0.266 e. The van der Waals surface area contributed by atoms with Gasteiger partial charge in [-0.05, 0) is 79.7 Å². The zero-order valence-electron chi connectivity index (χ0n) is 19.6. The number of piperazine rings is 1. The van der Waals surface area contributed by atoms with Crippen molar-refractivity contribution in [2.24, 2.45) is 0 Å². The van der Waals surface area contributed by atoms with Gasteiger partial charge in [0.1, 0.15) is 11.5 Å². The van der Waals surface area contributed by atoms with Crippen LogP contribution in [0, 0.1) is 0 Å². The minimum Gasteiger partial charge on any atom is -0.494 e. The van der Waals surface area contributed by atoms with Gasteiger partial charge in [-0.25, -0.2) is 0 Å². The number of aromatic nitrogens is 4. The first-order valence-electron chi connectivity index (χ1n) is 11.3. The van der Waals surface area contributed by atoms with Crippen LogP contribution in [0.25, 0.3) is 5.69 Å². The van der Waals surface area contributed by atoms with Gasteiger partial charge in [-0.1, -0.05) is 11.6 Å². The molecule has 1 aromatic heterocycles. The van der Waals surface area contributed by atoms with Crippen molar-refractivity contribution in [3.8, 4) is 17.2 Å². The molecule has 180 valence electrons. The van der Waals surface area contributed by atoms with E-state index in [0.29, 0.717) is 37.0 Å². The number of halogens is 1. The molecule has 1 aliphatic heterocycles. The van der Waals surface area contributed by atoms with Crippen LogP contribution >= 0.6 is 11.6 Å². The Morgan fingerprint density at radius 2 is 1.65 bits per heavy atom. The summed E-state index contributed by atoms with van der Waals surface area (Å²) in [5, 5.41) is 12.8. The molecule has 0 aliphatic carbocycles. The maximum Gasteiger partial charge on any atom is 0.266 e. The predicted molar refractivity (Wildman–Crippen MR) is 128 cm³/mol. The summed E-state index contributed by atoms with van der Waals surface area (Å²) in [6, 6.07) is 14.7. The van der Waals surface area contributed by atoms with Crippen LogP contribution in [0.4, 0.5) is 0 Å². The third kappa shape index (κ3) is 5.66. The molecule has 1 amide bonds. The van der Waals surface area contributed by atoms with Crippen LogP contribution in [-0.2, 0) is 11.3 Å². The van der Waals surface area contributed by atoms with Crippen molar-refractivity contribution in [3.05, 3.63) is 59.4 Å². The maximum atomic E-state index is 13.1. The molecule has 1 fully saturated rings. The third-order valence-corrected chi connectivity index (χ3v) is 5.90. The standard InChI is InChI=1S/C24H29ClN6O3/c1-4-33-20-11-7-19(8-12-20)31-22(26-27-28-31)17-29-13-15-30(16-14-29)23(32)24(2,3)34-21-9-5-18(25)6-10-21/h5-12H,4,13-17H2,1-3H3. The lowest BCUT2D eigenvalue weighted by Gasteiger charge is -2.38. The predicted octanol–water partition coefficient (Wildman–Crippen LogP) is 3.22. The zero-order chi connectivity index (χ0) is 24.1. The topological polar surface area (TPSA) is 85.6 Å². The zero-order valence-corrected chi connectivity index (χ0v) is 20.4. The molecule has 1 saturated heterocycles. The highest BCUT2D eigenvalue weighted by atomic mass is 35.5. The minimum absolute atomic E-state index is 0.0404. The van der Waals surface area contributed by atoms with E-state index in [1.807, 2.05) is 36.1 Å². The number of benzene rings is 2. The van der Waals surface area contributed by atoms with E-state index in [-0.39, 0.29) is 5.91 Å². The molecule has 9 nitrogen and oxygen atoms in total. The third-order valence-electron chi connectivity index (χ3n) is 5.65. The van der Waals surface area contributed by atoms with Gasteiger partial charge in [0.2, 0.25) is 0 Å². The molecule has 2 aromatic carbocycles. The monoisotopic (exact) mass is 484 g/mol. The molecule has 34 heavy (non-hydrogen) atoms. The van der Waals surface area contributed by atoms with Gasteiger partial charge in [-0.3, -0.25) is 9.69 Å². The van der Waals surface area contributed by atoms with Crippen molar-refractivity contribution in [3.63, 3.8) is 0 Å². The lowest BCUT2D eigenvalue weighted by Crippen LogP contribution is -2.55. The normalized spacial score (nSPS) is 14.8. The van der Waals surface area contributed by atoms with Crippen molar-refractivity contribution in [1.29, 1.82) is 0 Å². The minimum atomic E-state index is -0.978. The van der Waals surface area contributed by atoms with Gasteiger partial charge in [0, 0.05) is 31.2 Å². The number of carbonyl (C=O) groups is 1. The number of ether oxygens (including phenoxy) is 2. The second-order valence-electron chi connectivity index (χ2n) is 8.57. The van der Waals surface area contributed by atoms with E-state index in [0.717, 1.165) is 30.4 Å². The van der Waals surface area contributed by atoms with Crippen LogP contribution in [0.1, 0.15) is 26.6 Å². The number of tetrazole rings is 1. The van der Waals surface area contributed by atoms with Crippen molar-refractivity contribution >= 4 is 17.5 Å². The molecule has 4 rings (SSSR count). The molecular weight excluding hydrogens is 456 g/mol. The summed E-state index contributed by atoms with van der Waals surface area (Å²) in [6.07, 6.45) is 0. The molecule has 1 aliphatic rings.